The maximum atomic E-state index is 10.6. The van der Waals surface area contributed by atoms with Crippen LogP contribution < -0.4 is 10.6 Å². The van der Waals surface area contributed by atoms with Crippen LogP contribution in [0.3, 0.4) is 0 Å². The minimum Gasteiger partial charge on any atom is -0.481 e. The van der Waals surface area contributed by atoms with Crippen molar-refractivity contribution < 1.29 is 14.7 Å². The van der Waals surface area contributed by atoms with Crippen molar-refractivity contribution in [3.8, 4) is 0 Å². The first-order valence-corrected chi connectivity index (χ1v) is 3.76. The molecule has 0 aromatic rings. The monoisotopic (exact) mass is 174 g/mol. The molecule has 0 aromatic carbocycles. The number of rotatable bonds is 4. The molecule has 0 radical (unpaired) electrons. The molecule has 3 N–H and O–H groups in total. The Balaban J connectivity index is 3.43. The fraction of sp³-hybridized carbons (Fsp3) is 0.714. The molecule has 0 saturated carbocycles. The third kappa shape index (κ3) is 4.54. The molecule has 0 heterocycles. The van der Waals surface area contributed by atoms with Gasteiger partial charge in [0.25, 0.3) is 0 Å². The number of amides is 2. The second-order valence-electron chi connectivity index (χ2n) is 2.53. The van der Waals surface area contributed by atoms with Gasteiger partial charge in [0.2, 0.25) is 0 Å². The maximum Gasteiger partial charge on any atom is 0.314 e. The summed E-state index contributed by atoms with van der Waals surface area (Å²) in [6.45, 7) is 1.99. The summed E-state index contributed by atoms with van der Waals surface area (Å²) >= 11 is 0. The highest BCUT2D eigenvalue weighted by atomic mass is 16.4. The average molecular weight is 174 g/mol. The second kappa shape index (κ2) is 5.40. The number of carboxylic acid groups (broad SMARTS) is 1. The summed E-state index contributed by atoms with van der Waals surface area (Å²) in [5.74, 6) is -1.25. The van der Waals surface area contributed by atoms with Crippen LogP contribution in [0.2, 0.25) is 0 Å². The predicted molar refractivity (Wildman–Crippen MR) is 43.9 cm³/mol. The summed E-state index contributed by atoms with van der Waals surface area (Å²) in [4.78, 5) is 20.9. The zero-order valence-corrected chi connectivity index (χ0v) is 7.26. The molecule has 0 aromatic heterocycles. The van der Waals surface area contributed by atoms with Gasteiger partial charge in [-0.2, -0.15) is 0 Å². The van der Waals surface area contributed by atoms with Crippen molar-refractivity contribution in [3.05, 3.63) is 0 Å². The van der Waals surface area contributed by atoms with E-state index in [2.05, 4.69) is 10.6 Å². The zero-order valence-electron chi connectivity index (χ0n) is 7.26. The summed E-state index contributed by atoms with van der Waals surface area (Å²) in [6, 6.07) is -0.285. The van der Waals surface area contributed by atoms with E-state index in [1.165, 1.54) is 7.05 Å². The van der Waals surface area contributed by atoms with Crippen LogP contribution in [0.5, 0.6) is 0 Å². The SMILES string of the molecule is CNC(=O)NCCC(C)C(=O)O. The lowest BCUT2D eigenvalue weighted by Crippen LogP contribution is -2.34. The van der Waals surface area contributed by atoms with Gasteiger partial charge in [0.05, 0.1) is 5.92 Å². The largest absolute Gasteiger partial charge is 0.481 e. The number of nitrogens with one attached hydrogen (secondary N) is 2. The van der Waals surface area contributed by atoms with Crippen LogP contribution in [-0.4, -0.2) is 30.7 Å². The number of urea groups is 1. The normalized spacial score (nSPS) is 11.8. The topological polar surface area (TPSA) is 78.4 Å². The lowest BCUT2D eigenvalue weighted by atomic mass is 10.1. The lowest BCUT2D eigenvalue weighted by molar-refractivity contribution is -0.141. The van der Waals surface area contributed by atoms with E-state index in [0.29, 0.717) is 13.0 Å². The molecule has 0 fully saturated rings. The fourth-order valence-corrected chi connectivity index (χ4v) is 0.614. The second-order valence-corrected chi connectivity index (χ2v) is 2.53. The zero-order chi connectivity index (χ0) is 9.56. The molecule has 0 aliphatic heterocycles. The van der Waals surface area contributed by atoms with Crippen LogP contribution >= 0.6 is 0 Å². The minimum absolute atomic E-state index is 0.285. The molecule has 0 spiro atoms. The Labute approximate surface area is 71.1 Å². The van der Waals surface area contributed by atoms with Crippen molar-refractivity contribution in [3.63, 3.8) is 0 Å². The molecule has 5 heteroatoms. The molecule has 0 bridgehead atoms. The van der Waals surface area contributed by atoms with Crippen molar-refractivity contribution in [2.24, 2.45) is 5.92 Å². The van der Waals surface area contributed by atoms with Gasteiger partial charge >= 0.3 is 12.0 Å². The number of hydrogen-bond donors (Lipinski definition) is 3. The van der Waals surface area contributed by atoms with E-state index in [4.69, 9.17) is 5.11 Å². The molecule has 12 heavy (non-hydrogen) atoms. The van der Waals surface area contributed by atoms with Crippen molar-refractivity contribution in [2.45, 2.75) is 13.3 Å². The van der Waals surface area contributed by atoms with Crippen LogP contribution in [0.25, 0.3) is 0 Å². The van der Waals surface area contributed by atoms with Gasteiger partial charge in [0.1, 0.15) is 0 Å². The Morgan fingerprint density at radius 2 is 2.08 bits per heavy atom. The molecule has 0 rings (SSSR count). The summed E-state index contributed by atoms with van der Waals surface area (Å²) in [6.07, 6.45) is 0.447. The van der Waals surface area contributed by atoms with Crippen LogP contribution in [-0.2, 0) is 4.79 Å². The van der Waals surface area contributed by atoms with Gasteiger partial charge in [-0.1, -0.05) is 6.92 Å². The predicted octanol–water partition coefficient (Wildman–Crippen LogP) is 0.0262. The Kier molecular flexibility index (Phi) is 4.83. The van der Waals surface area contributed by atoms with Gasteiger partial charge in [0, 0.05) is 13.6 Å². The highest BCUT2D eigenvalue weighted by Crippen LogP contribution is 1.98. The minimum atomic E-state index is -0.839. The van der Waals surface area contributed by atoms with Crippen LogP contribution in [0, 0.1) is 5.92 Å². The molecule has 70 valence electrons. The number of carboxylic acids is 1. The van der Waals surface area contributed by atoms with E-state index < -0.39 is 11.9 Å². The third-order valence-corrected chi connectivity index (χ3v) is 1.51. The summed E-state index contributed by atoms with van der Waals surface area (Å²) < 4.78 is 0. The molecule has 0 aliphatic carbocycles. The lowest BCUT2D eigenvalue weighted by Gasteiger charge is -2.06. The van der Waals surface area contributed by atoms with Crippen LogP contribution in [0.15, 0.2) is 0 Å². The van der Waals surface area contributed by atoms with E-state index in [1.807, 2.05) is 0 Å². The summed E-state index contributed by atoms with van der Waals surface area (Å²) in [5, 5.41) is 13.4. The number of carbonyl (C=O) groups excluding carboxylic acids is 1. The molecule has 0 saturated heterocycles. The molecular weight excluding hydrogens is 160 g/mol. The third-order valence-electron chi connectivity index (χ3n) is 1.51. The highest BCUT2D eigenvalue weighted by Gasteiger charge is 2.09. The molecule has 5 nitrogen and oxygen atoms in total. The first-order valence-electron chi connectivity index (χ1n) is 3.76. The van der Waals surface area contributed by atoms with Crippen LogP contribution in [0.1, 0.15) is 13.3 Å². The van der Waals surface area contributed by atoms with E-state index in [9.17, 15) is 9.59 Å². The maximum absolute atomic E-state index is 10.6. The molecule has 1 unspecified atom stereocenters. The Morgan fingerprint density at radius 3 is 2.50 bits per heavy atom. The van der Waals surface area contributed by atoms with E-state index in [-0.39, 0.29) is 6.03 Å². The smallest absolute Gasteiger partial charge is 0.314 e. The standard InChI is InChI=1S/C7H14N2O3/c1-5(6(10)11)3-4-9-7(12)8-2/h5H,3-4H2,1-2H3,(H,10,11)(H2,8,9,12). The number of carbonyl (C=O) groups is 2. The average Bonchev–Trinajstić information content (AvgIpc) is 2.03. The molecule has 1 atom stereocenters. The van der Waals surface area contributed by atoms with Gasteiger partial charge in [-0.05, 0) is 6.42 Å². The van der Waals surface area contributed by atoms with E-state index >= 15 is 0 Å². The van der Waals surface area contributed by atoms with Gasteiger partial charge in [-0.3, -0.25) is 4.79 Å². The first kappa shape index (κ1) is 10.7. The Hall–Kier alpha value is -1.26. The Bertz CT molecular complexity index is 170. The summed E-state index contributed by atoms with van der Waals surface area (Å²) in [7, 11) is 1.51. The molecule has 0 aliphatic rings. The van der Waals surface area contributed by atoms with Crippen molar-refractivity contribution >= 4 is 12.0 Å². The molecular formula is C7H14N2O3. The van der Waals surface area contributed by atoms with Crippen LogP contribution in [0.4, 0.5) is 4.79 Å². The highest BCUT2D eigenvalue weighted by molar-refractivity contribution is 5.73. The summed E-state index contributed by atoms with van der Waals surface area (Å²) in [5.41, 5.74) is 0. The molecule has 2 amide bonds. The number of aliphatic carboxylic acids is 1. The van der Waals surface area contributed by atoms with Gasteiger partial charge < -0.3 is 15.7 Å². The number of hydrogen-bond acceptors (Lipinski definition) is 2. The van der Waals surface area contributed by atoms with E-state index in [1.54, 1.807) is 6.92 Å². The Morgan fingerprint density at radius 1 is 1.50 bits per heavy atom. The fourth-order valence-electron chi connectivity index (χ4n) is 0.614. The van der Waals surface area contributed by atoms with Gasteiger partial charge in [-0.15, -0.1) is 0 Å². The van der Waals surface area contributed by atoms with E-state index in [0.717, 1.165) is 0 Å². The quantitative estimate of drug-likeness (QED) is 0.562. The van der Waals surface area contributed by atoms with Crippen molar-refractivity contribution in [2.75, 3.05) is 13.6 Å². The van der Waals surface area contributed by atoms with Crippen molar-refractivity contribution in [1.29, 1.82) is 0 Å². The first-order chi connectivity index (χ1) is 5.57. The van der Waals surface area contributed by atoms with Gasteiger partial charge in [-0.25, -0.2) is 4.79 Å². The van der Waals surface area contributed by atoms with Crippen molar-refractivity contribution in [1.82, 2.24) is 10.6 Å². The van der Waals surface area contributed by atoms with Gasteiger partial charge in [0.15, 0.2) is 0 Å².